The van der Waals surface area contributed by atoms with Crippen molar-refractivity contribution in [1.82, 2.24) is 0 Å². The molecule has 45 heavy (non-hydrogen) atoms. The van der Waals surface area contributed by atoms with Gasteiger partial charge >= 0.3 is 282 Å². The Morgan fingerprint density at radius 2 is 1.13 bits per heavy atom. The van der Waals surface area contributed by atoms with E-state index < -0.39 is 21.3 Å². The fourth-order valence-electron chi connectivity index (χ4n) is 8.04. The Morgan fingerprint density at radius 1 is 0.600 bits per heavy atom. The van der Waals surface area contributed by atoms with Gasteiger partial charge in [-0.3, -0.25) is 0 Å². The van der Waals surface area contributed by atoms with Crippen molar-refractivity contribution in [2.24, 2.45) is 5.92 Å². The number of fused-ring (bicyclic) bond motifs is 3. The molecule has 6 rings (SSSR count). The van der Waals surface area contributed by atoms with E-state index in [1.54, 1.807) is 25.5 Å². The number of hydrogen-bond donors (Lipinski definition) is 0. The molecule has 1 unspecified atom stereocenters. The molecule has 4 aromatic carbocycles. The summed E-state index contributed by atoms with van der Waals surface area (Å²) in [5, 5.41) is 0. The molecular weight excluding hydrogens is 620 g/mol. The van der Waals surface area contributed by atoms with E-state index in [2.05, 4.69) is 138 Å². The third-order valence-electron chi connectivity index (χ3n) is 10.1. The number of benzene rings is 4. The second-order valence-corrected chi connectivity index (χ2v) is 19.1. The van der Waals surface area contributed by atoms with Crippen LogP contribution in [0.25, 0.3) is 11.1 Å². The zero-order valence-corrected chi connectivity index (χ0v) is 30.6. The van der Waals surface area contributed by atoms with Crippen LogP contribution in [-0.4, -0.2) is 3.21 Å². The summed E-state index contributed by atoms with van der Waals surface area (Å²) >= 11 is -2.82. The second kappa shape index (κ2) is 14.7. The monoisotopic (exact) mass is 668 g/mol. The average molecular weight is 670 g/mol. The van der Waals surface area contributed by atoms with Crippen molar-refractivity contribution in [2.75, 3.05) is 0 Å². The summed E-state index contributed by atoms with van der Waals surface area (Å²) in [6, 6.07) is 37.9. The van der Waals surface area contributed by atoms with Crippen LogP contribution in [0.4, 0.5) is 0 Å². The van der Waals surface area contributed by atoms with Gasteiger partial charge in [-0.1, -0.05) is 0 Å². The van der Waals surface area contributed by atoms with Gasteiger partial charge < -0.3 is 0 Å². The quantitative estimate of drug-likeness (QED) is 0.141. The molecule has 2 aliphatic carbocycles. The third kappa shape index (κ3) is 6.28. The van der Waals surface area contributed by atoms with Crippen molar-refractivity contribution in [3.8, 4) is 11.1 Å². The normalized spacial score (nSPS) is 15.7. The van der Waals surface area contributed by atoms with E-state index >= 15 is 0 Å². The van der Waals surface area contributed by atoms with Gasteiger partial charge in [0.15, 0.2) is 0 Å². The van der Waals surface area contributed by atoms with Gasteiger partial charge in [0.25, 0.3) is 0 Å². The zero-order valence-electron chi connectivity index (χ0n) is 28.1. The first-order valence-electron chi connectivity index (χ1n) is 17.7. The molecule has 230 valence electrons. The molecule has 0 bridgehead atoms. The first kappa shape index (κ1) is 32.1. The van der Waals surface area contributed by atoms with E-state index in [1.165, 1.54) is 71.9 Å². The summed E-state index contributed by atoms with van der Waals surface area (Å²) in [6.45, 7) is 11.8. The maximum atomic E-state index is 2.79. The van der Waals surface area contributed by atoms with Crippen molar-refractivity contribution in [1.29, 1.82) is 0 Å². The van der Waals surface area contributed by atoms with Crippen molar-refractivity contribution in [3.63, 3.8) is 0 Å². The average Bonchev–Trinajstić information content (AvgIpc) is 3.58. The molecular formula is C44H50Zr. The number of hydrogen-bond acceptors (Lipinski definition) is 0. The van der Waals surface area contributed by atoms with Gasteiger partial charge in [-0.2, -0.15) is 0 Å². The Morgan fingerprint density at radius 3 is 1.60 bits per heavy atom. The van der Waals surface area contributed by atoms with Gasteiger partial charge in [0.2, 0.25) is 0 Å². The van der Waals surface area contributed by atoms with Crippen molar-refractivity contribution in [3.05, 3.63) is 151 Å². The molecule has 2 aliphatic rings. The minimum atomic E-state index is -2.82. The zero-order chi connectivity index (χ0) is 31.3. The van der Waals surface area contributed by atoms with Crippen LogP contribution in [0.1, 0.15) is 110 Å². The molecule has 0 saturated heterocycles. The van der Waals surface area contributed by atoms with Crippen molar-refractivity contribution in [2.45, 2.75) is 89.6 Å². The van der Waals surface area contributed by atoms with Gasteiger partial charge in [-0.05, 0) is 0 Å². The molecule has 0 fully saturated rings. The Hall–Kier alpha value is -2.89. The molecule has 0 aliphatic heterocycles. The minimum absolute atomic E-state index is 0.459. The van der Waals surface area contributed by atoms with E-state index in [-0.39, 0.29) is 0 Å². The SMILES string of the molecule is CCCC1=C(CCC)C(CCC)[C]([Zr](=[C](c2ccccc2)c2ccccc2)[CH]2c3cc(CC)ccc3-c3ccc(CC)cc32)=C1. The van der Waals surface area contributed by atoms with Crippen LogP contribution in [0, 0.1) is 5.92 Å². The first-order valence-corrected chi connectivity index (χ1v) is 21.6. The molecule has 0 radical (unpaired) electrons. The van der Waals surface area contributed by atoms with Crippen LogP contribution >= 0.6 is 0 Å². The van der Waals surface area contributed by atoms with Gasteiger partial charge in [0.05, 0.1) is 0 Å². The summed E-state index contributed by atoms with van der Waals surface area (Å²) in [5.74, 6) is 0.588. The number of aryl methyl sites for hydroxylation is 2. The van der Waals surface area contributed by atoms with Gasteiger partial charge in [-0.25, -0.2) is 0 Å². The van der Waals surface area contributed by atoms with Crippen molar-refractivity contribution >= 4 is 3.21 Å². The van der Waals surface area contributed by atoms with Crippen LogP contribution in [0.2, 0.25) is 0 Å². The number of rotatable bonds is 12. The molecule has 0 N–H and O–H groups in total. The van der Waals surface area contributed by atoms with E-state index in [4.69, 9.17) is 0 Å². The Labute approximate surface area is 280 Å². The fraction of sp³-hybridized carbons (Fsp3) is 0.341. The van der Waals surface area contributed by atoms with E-state index in [0.717, 1.165) is 12.8 Å². The van der Waals surface area contributed by atoms with Gasteiger partial charge in [-0.15, -0.1) is 0 Å². The Balaban J connectivity index is 1.75. The Kier molecular flexibility index (Phi) is 10.5. The van der Waals surface area contributed by atoms with Gasteiger partial charge in [0, 0.05) is 0 Å². The standard InChI is InChI=1S/C17H17.C14H23.C13H10.Zr/c1-3-12-5-7-16-14(9-12)11-15-10-13(4-2)6-8-17(15)16;1-4-7-12-10-11-13(8-5-2)14(12)9-6-3;1-3-7-12(8-4-1)11-13-9-5-2-6-10-13;/h5-11H,3-4H2,1-2H3;10,13H,4-9H2,1-3H3;1-10H;. The predicted molar refractivity (Wildman–Crippen MR) is 192 cm³/mol. The summed E-state index contributed by atoms with van der Waals surface area (Å²) in [6.07, 6.45) is 12.3. The van der Waals surface area contributed by atoms with Crippen LogP contribution in [0.3, 0.4) is 0 Å². The number of allylic oxidation sites excluding steroid dienone is 4. The maximum absolute atomic E-state index is 2.82. The topological polar surface area (TPSA) is 0 Å². The molecule has 1 atom stereocenters. The fourth-order valence-corrected chi connectivity index (χ4v) is 17.8. The first-order chi connectivity index (χ1) is 22.1. The molecule has 0 saturated carbocycles. The summed E-state index contributed by atoms with van der Waals surface area (Å²) in [5.41, 5.74) is 15.4. The molecule has 0 nitrogen and oxygen atoms in total. The molecule has 0 amide bonds. The van der Waals surface area contributed by atoms with E-state index in [9.17, 15) is 0 Å². The predicted octanol–water partition coefficient (Wildman–Crippen LogP) is 12.0. The van der Waals surface area contributed by atoms with Crippen LogP contribution in [-0.2, 0) is 34.1 Å². The summed E-state index contributed by atoms with van der Waals surface area (Å²) in [7, 11) is 0. The Bertz CT molecular complexity index is 1640. The molecule has 4 aromatic rings. The van der Waals surface area contributed by atoms with E-state index in [1.807, 2.05) is 3.28 Å². The van der Waals surface area contributed by atoms with Crippen molar-refractivity contribution < 1.29 is 21.3 Å². The van der Waals surface area contributed by atoms with Crippen LogP contribution in [0.5, 0.6) is 0 Å². The summed E-state index contributed by atoms with van der Waals surface area (Å²) < 4.78 is 3.98. The summed E-state index contributed by atoms with van der Waals surface area (Å²) in [4.78, 5) is 0. The second-order valence-electron chi connectivity index (χ2n) is 13.0. The van der Waals surface area contributed by atoms with E-state index in [0.29, 0.717) is 9.54 Å². The molecule has 1 heteroatoms. The molecule has 0 aromatic heterocycles. The van der Waals surface area contributed by atoms with Crippen LogP contribution in [0.15, 0.2) is 118 Å². The molecule has 0 heterocycles. The van der Waals surface area contributed by atoms with Crippen LogP contribution < -0.4 is 0 Å². The molecule has 0 spiro atoms. The third-order valence-corrected chi connectivity index (χ3v) is 18.5. The van der Waals surface area contributed by atoms with Gasteiger partial charge in [0.1, 0.15) is 0 Å².